The summed E-state index contributed by atoms with van der Waals surface area (Å²) in [5.41, 5.74) is 6.33. The second kappa shape index (κ2) is 6.90. The molecular weight excluding hydrogens is 258 g/mol. The van der Waals surface area contributed by atoms with Crippen molar-refractivity contribution in [3.8, 4) is 0 Å². The first-order valence-electron chi connectivity index (χ1n) is 7.76. The average Bonchev–Trinajstić information content (AvgIpc) is 2.66. The highest BCUT2D eigenvalue weighted by molar-refractivity contribution is 5.26. The van der Waals surface area contributed by atoms with Gasteiger partial charge in [0.25, 0.3) is 0 Å². The van der Waals surface area contributed by atoms with E-state index in [9.17, 15) is 0 Å². The summed E-state index contributed by atoms with van der Waals surface area (Å²) in [5, 5.41) is 8.12. The number of hydrogen-bond donors (Lipinski definition) is 1. The van der Waals surface area contributed by atoms with Gasteiger partial charge < -0.3 is 5.32 Å². The van der Waals surface area contributed by atoms with Crippen molar-refractivity contribution < 1.29 is 0 Å². The molecule has 0 bridgehead atoms. The second-order valence-corrected chi connectivity index (χ2v) is 6.30. The summed E-state index contributed by atoms with van der Waals surface area (Å²) in [6.45, 7) is 13.7. The van der Waals surface area contributed by atoms with Crippen LogP contribution in [0.1, 0.15) is 41.9 Å². The molecule has 3 nitrogen and oxygen atoms in total. The van der Waals surface area contributed by atoms with Gasteiger partial charge in [-0.1, -0.05) is 38.1 Å². The minimum absolute atomic E-state index is 0.686. The van der Waals surface area contributed by atoms with Crippen LogP contribution in [0.15, 0.2) is 24.3 Å². The molecule has 21 heavy (non-hydrogen) atoms. The van der Waals surface area contributed by atoms with Crippen LogP contribution in [0.2, 0.25) is 0 Å². The lowest BCUT2D eigenvalue weighted by Crippen LogP contribution is -2.19. The molecule has 0 saturated heterocycles. The Kier molecular flexibility index (Phi) is 5.18. The summed E-state index contributed by atoms with van der Waals surface area (Å²) in [4.78, 5) is 0. The predicted molar refractivity (Wildman–Crippen MR) is 88.5 cm³/mol. The SMILES string of the molecule is Cc1nn(Cc2cccc(CNCC(C)C)c2)c(C)c1C. The second-order valence-electron chi connectivity index (χ2n) is 6.30. The smallest absolute Gasteiger partial charge is 0.0662 e. The minimum Gasteiger partial charge on any atom is -0.312 e. The highest BCUT2D eigenvalue weighted by atomic mass is 15.3. The van der Waals surface area contributed by atoms with Crippen LogP contribution < -0.4 is 5.32 Å². The summed E-state index contributed by atoms with van der Waals surface area (Å²) < 4.78 is 2.10. The third-order valence-corrected chi connectivity index (χ3v) is 3.95. The highest BCUT2D eigenvalue weighted by Gasteiger charge is 2.07. The number of hydrogen-bond acceptors (Lipinski definition) is 2. The number of nitrogens with one attached hydrogen (secondary N) is 1. The van der Waals surface area contributed by atoms with Gasteiger partial charge in [0.2, 0.25) is 0 Å². The van der Waals surface area contributed by atoms with Crippen molar-refractivity contribution in [2.45, 2.75) is 47.7 Å². The first-order chi connectivity index (χ1) is 9.97. The summed E-state index contributed by atoms with van der Waals surface area (Å²) >= 11 is 0. The van der Waals surface area contributed by atoms with Crippen LogP contribution in [0.4, 0.5) is 0 Å². The molecule has 0 unspecified atom stereocenters. The largest absolute Gasteiger partial charge is 0.312 e. The number of aryl methyl sites for hydroxylation is 1. The van der Waals surface area contributed by atoms with Gasteiger partial charge >= 0.3 is 0 Å². The zero-order chi connectivity index (χ0) is 15.4. The fourth-order valence-electron chi connectivity index (χ4n) is 2.46. The standard InChI is InChI=1S/C18H27N3/c1-13(2)10-19-11-17-7-6-8-18(9-17)12-21-16(5)14(3)15(4)20-21/h6-9,13,19H,10-12H2,1-5H3. The van der Waals surface area contributed by atoms with Crippen molar-refractivity contribution in [2.24, 2.45) is 5.92 Å². The molecule has 1 N–H and O–H groups in total. The van der Waals surface area contributed by atoms with Crippen LogP contribution in [0.25, 0.3) is 0 Å². The molecule has 0 aliphatic carbocycles. The van der Waals surface area contributed by atoms with E-state index in [1.54, 1.807) is 0 Å². The fraction of sp³-hybridized carbons (Fsp3) is 0.500. The van der Waals surface area contributed by atoms with Gasteiger partial charge in [0.15, 0.2) is 0 Å². The van der Waals surface area contributed by atoms with Crippen molar-refractivity contribution in [1.82, 2.24) is 15.1 Å². The average molecular weight is 285 g/mol. The fourth-order valence-corrected chi connectivity index (χ4v) is 2.46. The van der Waals surface area contributed by atoms with Gasteiger partial charge in [-0.05, 0) is 49.9 Å². The molecule has 0 amide bonds. The molecule has 1 heterocycles. The molecule has 1 aromatic carbocycles. The lowest BCUT2D eigenvalue weighted by atomic mass is 10.1. The van der Waals surface area contributed by atoms with Gasteiger partial charge in [0.1, 0.15) is 0 Å². The zero-order valence-corrected chi connectivity index (χ0v) is 13.9. The van der Waals surface area contributed by atoms with Crippen molar-refractivity contribution in [3.05, 3.63) is 52.3 Å². The maximum Gasteiger partial charge on any atom is 0.0662 e. The van der Waals surface area contributed by atoms with Crippen LogP contribution in [-0.4, -0.2) is 16.3 Å². The van der Waals surface area contributed by atoms with Crippen molar-refractivity contribution in [3.63, 3.8) is 0 Å². The summed E-state index contributed by atoms with van der Waals surface area (Å²) in [6, 6.07) is 8.78. The molecule has 0 fully saturated rings. The Hall–Kier alpha value is -1.61. The van der Waals surface area contributed by atoms with E-state index in [1.165, 1.54) is 22.4 Å². The van der Waals surface area contributed by atoms with E-state index in [0.717, 1.165) is 25.3 Å². The molecule has 2 aromatic rings. The van der Waals surface area contributed by atoms with E-state index in [1.807, 2.05) is 0 Å². The topological polar surface area (TPSA) is 29.9 Å². The van der Waals surface area contributed by atoms with Gasteiger partial charge in [-0.2, -0.15) is 5.10 Å². The lowest BCUT2D eigenvalue weighted by Gasteiger charge is -2.10. The molecule has 0 aliphatic rings. The molecule has 0 saturated carbocycles. The van der Waals surface area contributed by atoms with Crippen LogP contribution >= 0.6 is 0 Å². The summed E-state index contributed by atoms with van der Waals surface area (Å²) in [5.74, 6) is 0.686. The van der Waals surface area contributed by atoms with Crippen LogP contribution in [0.3, 0.4) is 0 Å². The Bertz CT molecular complexity index is 597. The third kappa shape index (κ3) is 4.18. The Morgan fingerprint density at radius 1 is 1.14 bits per heavy atom. The Morgan fingerprint density at radius 2 is 1.86 bits per heavy atom. The highest BCUT2D eigenvalue weighted by Crippen LogP contribution is 2.14. The molecule has 114 valence electrons. The van der Waals surface area contributed by atoms with Gasteiger partial charge in [-0.15, -0.1) is 0 Å². The Balaban J connectivity index is 2.05. The lowest BCUT2D eigenvalue weighted by molar-refractivity contribution is 0.552. The predicted octanol–water partition coefficient (Wildman–Crippen LogP) is 3.60. The maximum atomic E-state index is 4.62. The van der Waals surface area contributed by atoms with Crippen LogP contribution in [0, 0.1) is 26.7 Å². The molecule has 2 rings (SSSR count). The molecular formula is C18H27N3. The van der Waals surface area contributed by atoms with Crippen LogP contribution in [-0.2, 0) is 13.1 Å². The number of aromatic nitrogens is 2. The van der Waals surface area contributed by atoms with Gasteiger partial charge in [-0.3, -0.25) is 4.68 Å². The molecule has 1 aromatic heterocycles. The van der Waals surface area contributed by atoms with E-state index in [2.05, 4.69) is 74.0 Å². The van der Waals surface area contributed by atoms with E-state index >= 15 is 0 Å². The summed E-state index contributed by atoms with van der Waals surface area (Å²) in [6.07, 6.45) is 0. The normalized spacial score (nSPS) is 11.3. The Labute approximate surface area is 128 Å². The molecule has 0 radical (unpaired) electrons. The van der Waals surface area contributed by atoms with E-state index in [0.29, 0.717) is 5.92 Å². The summed E-state index contributed by atoms with van der Waals surface area (Å²) in [7, 11) is 0. The van der Waals surface area contributed by atoms with E-state index in [4.69, 9.17) is 0 Å². The number of benzene rings is 1. The van der Waals surface area contributed by atoms with Crippen LogP contribution in [0.5, 0.6) is 0 Å². The van der Waals surface area contributed by atoms with E-state index < -0.39 is 0 Å². The first-order valence-corrected chi connectivity index (χ1v) is 7.76. The number of rotatable bonds is 6. The maximum absolute atomic E-state index is 4.62. The van der Waals surface area contributed by atoms with Gasteiger partial charge in [0, 0.05) is 12.2 Å². The first kappa shape index (κ1) is 15.8. The zero-order valence-electron chi connectivity index (χ0n) is 13.9. The van der Waals surface area contributed by atoms with Gasteiger partial charge in [0.05, 0.1) is 12.2 Å². The van der Waals surface area contributed by atoms with Gasteiger partial charge in [-0.25, -0.2) is 0 Å². The third-order valence-electron chi connectivity index (χ3n) is 3.95. The van der Waals surface area contributed by atoms with Crippen molar-refractivity contribution in [2.75, 3.05) is 6.54 Å². The van der Waals surface area contributed by atoms with Crippen molar-refractivity contribution in [1.29, 1.82) is 0 Å². The van der Waals surface area contributed by atoms with E-state index in [-0.39, 0.29) is 0 Å². The molecule has 0 aliphatic heterocycles. The minimum atomic E-state index is 0.686. The molecule has 3 heteroatoms. The molecule has 0 atom stereocenters. The number of nitrogens with zero attached hydrogens (tertiary/aromatic N) is 2. The quantitative estimate of drug-likeness (QED) is 0.879. The van der Waals surface area contributed by atoms with Crippen molar-refractivity contribution >= 4 is 0 Å². The molecule has 0 spiro atoms. The monoisotopic (exact) mass is 285 g/mol. The Morgan fingerprint density at radius 3 is 2.48 bits per heavy atom.